The van der Waals surface area contributed by atoms with Gasteiger partial charge >= 0.3 is 5.97 Å². The van der Waals surface area contributed by atoms with Crippen LogP contribution in [-0.4, -0.2) is 79.2 Å². The molecule has 12 heteroatoms. The maximum absolute atomic E-state index is 13.5. The number of hydrogen-bond acceptors (Lipinski definition) is 7. The normalized spacial score (nSPS) is 18.2. The van der Waals surface area contributed by atoms with Crippen molar-refractivity contribution in [3.05, 3.63) is 88.4 Å². The minimum Gasteiger partial charge on any atom is -0.488 e. The Morgan fingerprint density at radius 1 is 1.14 bits per heavy atom. The van der Waals surface area contributed by atoms with E-state index in [1.165, 1.54) is 24.3 Å². The predicted molar refractivity (Wildman–Crippen MR) is 164 cm³/mol. The van der Waals surface area contributed by atoms with Crippen molar-refractivity contribution in [2.45, 2.75) is 43.9 Å². The fourth-order valence-corrected chi connectivity index (χ4v) is 6.15. The lowest BCUT2D eigenvalue weighted by Crippen LogP contribution is -2.47. The van der Waals surface area contributed by atoms with Crippen LogP contribution in [0.2, 0.25) is 5.02 Å². The van der Waals surface area contributed by atoms with E-state index in [0.29, 0.717) is 36.0 Å². The van der Waals surface area contributed by atoms with Gasteiger partial charge in [0.1, 0.15) is 11.9 Å². The second-order valence-electron chi connectivity index (χ2n) is 11.0. The van der Waals surface area contributed by atoms with Crippen molar-refractivity contribution >= 4 is 39.2 Å². The summed E-state index contributed by atoms with van der Waals surface area (Å²) in [6.07, 6.45) is -0.403. The van der Waals surface area contributed by atoms with Gasteiger partial charge in [0.05, 0.1) is 29.5 Å². The first-order chi connectivity index (χ1) is 20.4. The predicted octanol–water partition coefficient (Wildman–Crippen LogP) is 4.12. The van der Waals surface area contributed by atoms with Gasteiger partial charge in [0.15, 0.2) is 0 Å². The Kier molecular flexibility index (Phi) is 10.3. The van der Waals surface area contributed by atoms with Crippen molar-refractivity contribution in [1.82, 2.24) is 9.80 Å². The molecular formula is C31H36ClN3O7S. The number of benzene rings is 3. The molecule has 230 valence electrons. The molecule has 4 rings (SSSR count). The molecule has 1 amide bonds. The van der Waals surface area contributed by atoms with E-state index in [0.717, 1.165) is 5.56 Å². The maximum Gasteiger partial charge on any atom is 0.335 e. The molecule has 0 bridgehead atoms. The summed E-state index contributed by atoms with van der Waals surface area (Å²) in [5.41, 5.74) is 1.95. The van der Waals surface area contributed by atoms with Crippen LogP contribution in [0.5, 0.6) is 5.75 Å². The number of nitrogens with one attached hydrogen (secondary N) is 1. The van der Waals surface area contributed by atoms with Gasteiger partial charge in [-0.2, -0.15) is 0 Å². The van der Waals surface area contributed by atoms with Crippen molar-refractivity contribution in [1.29, 1.82) is 0 Å². The summed E-state index contributed by atoms with van der Waals surface area (Å²) in [7, 11) is -1.98. The van der Waals surface area contributed by atoms with Crippen LogP contribution < -0.4 is 9.46 Å². The van der Waals surface area contributed by atoms with Crippen molar-refractivity contribution in [3.63, 3.8) is 0 Å². The van der Waals surface area contributed by atoms with Crippen LogP contribution in [0.1, 0.15) is 35.3 Å². The van der Waals surface area contributed by atoms with Gasteiger partial charge < -0.3 is 19.8 Å². The number of aliphatic hydroxyl groups excluding tert-OH is 1. The molecule has 0 unspecified atom stereocenters. The molecule has 43 heavy (non-hydrogen) atoms. The Bertz CT molecular complexity index is 1550. The SMILES string of the molecule is C[C@H]1CN([C@@H](C)CO)C(=O)Cc2cc(NS(=O)(=O)c3ccc(Cl)cc3)ccc2O[C@H]1CN(C)Cc1ccc(C(=O)O)cc1. The number of aromatic carboxylic acids is 1. The number of amides is 1. The molecule has 0 spiro atoms. The summed E-state index contributed by atoms with van der Waals surface area (Å²) < 4.78 is 35.1. The molecule has 1 aliphatic rings. The molecule has 3 aromatic rings. The summed E-state index contributed by atoms with van der Waals surface area (Å²) in [5, 5.41) is 19.5. The Hall–Kier alpha value is -3.64. The van der Waals surface area contributed by atoms with E-state index in [2.05, 4.69) is 9.62 Å². The molecule has 0 saturated carbocycles. The van der Waals surface area contributed by atoms with E-state index in [1.54, 1.807) is 54.3 Å². The lowest BCUT2D eigenvalue weighted by Gasteiger charge is -2.34. The van der Waals surface area contributed by atoms with Crippen molar-refractivity contribution in [2.75, 3.05) is 31.5 Å². The van der Waals surface area contributed by atoms with Crippen molar-refractivity contribution in [3.8, 4) is 5.75 Å². The van der Waals surface area contributed by atoms with Crippen LogP contribution in [0.3, 0.4) is 0 Å². The molecular weight excluding hydrogens is 594 g/mol. The number of likely N-dealkylation sites (N-methyl/N-ethyl adjacent to an activating group) is 1. The van der Waals surface area contributed by atoms with Gasteiger partial charge in [0.25, 0.3) is 10.0 Å². The summed E-state index contributed by atoms with van der Waals surface area (Å²) in [6.45, 7) is 4.95. The van der Waals surface area contributed by atoms with Crippen LogP contribution in [0.4, 0.5) is 5.69 Å². The van der Waals surface area contributed by atoms with E-state index in [1.807, 2.05) is 14.0 Å². The van der Waals surface area contributed by atoms with Gasteiger partial charge in [-0.05, 0) is 74.1 Å². The molecule has 10 nitrogen and oxygen atoms in total. The molecule has 1 heterocycles. The Morgan fingerprint density at radius 2 is 1.81 bits per heavy atom. The van der Waals surface area contributed by atoms with Crippen LogP contribution >= 0.6 is 11.6 Å². The quantitative estimate of drug-likeness (QED) is 0.305. The maximum atomic E-state index is 13.5. The van der Waals surface area contributed by atoms with E-state index in [9.17, 15) is 28.2 Å². The minimum absolute atomic E-state index is 0.0403. The third kappa shape index (κ3) is 8.26. The third-order valence-electron chi connectivity index (χ3n) is 7.44. The number of nitrogens with zero attached hydrogens (tertiary/aromatic N) is 2. The smallest absolute Gasteiger partial charge is 0.335 e. The number of halogens is 1. The number of carboxylic acids is 1. The van der Waals surface area contributed by atoms with E-state index in [-0.39, 0.29) is 47.1 Å². The third-order valence-corrected chi connectivity index (χ3v) is 9.09. The Morgan fingerprint density at radius 3 is 2.44 bits per heavy atom. The largest absolute Gasteiger partial charge is 0.488 e. The number of hydrogen-bond donors (Lipinski definition) is 3. The molecule has 0 radical (unpaired) electrons. The number of anilines is 1. The van der Waals surface area contributed by atoms with E-state index < -0.39 is 22.0 Å². The Labute approximate surface area is 256 Å². The molecule has 3 N–H and O–H groups in total. The zero-order valence-electron chi connectivity index (χ0n) is 24.2. The van der Waals surface area contributed by atoms with Crippen LogP contribution in [-0.2, 0) is 27.8 Å². The number of ether oxygens (including phenoxy) is 1. The number of aliphatic hydroxyl groups is 1. The molecule has 1 aliphatic heterocycles. The highest BCUT2D eigenvalue weighted by Crippen LogP contribution is 2.30. The van der Waals surface area contributed by atoms with Gasteiger partial charge in [0.2, 0.25) is 5.91 Å². The van der Waals surface area contributed by atoms with Gasteiger partial charge in [-0.3, -0.25) is 14.4 Å². The second-order valence-corrected chi connectivity index (χ2v) is 13.1. The fraction of sp³-hybridized carbons (Fsp3) is 0.355. The zero-order valence-corrected chi connectivity index (χ0v) is 25.8. The molecule has 0 saturated heterocycles. The highest BCUT2D eigenvalue weighted by molar-refractivity contribution is 7.92. The highest BCUT2D eigenvalue weighted by atomic mass is 35.5. The molecule has 0 aliphatic carbocycles. The number of sulfonamides is 1. The van der Waals surface area contributed by atoms with Gasteiger partial charge in [0, 0.05) is 41.8 Å². The second kappa shape index (κ2) is 13.8. The standard InChI is InChI=1S/C31H36ClN3O7S/c1-20-16-35(21(2)19-36)30(37)15-24-14-26(33-43(40,41)27-11-8-25(32)9-12-27)10-13-28(24)42-29(20)18-34(3)17-22-4-6-23(7-5-22)31(38)39/h4-14,20-21,29,33,36H,15-19H2,1-3H3,(H,38,39)/t20-,21-,29-/m0/s1. The van der Waals surface area contributed by atoms with E-state index in [4.69, 9.17) is 16.3 Å². The highest BCUT2D eigenvalue weighted by Gasteiger charge is 2.31. The van der Waals surface area contributed by atoms with Crippen LogP contribution in [0, 0.1) is 5.92 Å². The number of rotatable bonds is 10. The average Bonchev–Trinajstić information content (AvgIpc) is 3.00. The van der Waals surface area contributed by atoms with Crippen molar-refractivity contribution < 1.29 is 33.0 Å². The van der Waals surface area contributed by atoms with Gasteiger partial charge in [-0.25, -0.2) is 13.2 Å². The lowest BCUT2D eigenvalue weighted by molar-refractivity contribution is -0.134. The van der Waals surface area contributed by atoms with Crippen LogP contribution in [0.25, 0.3) is 0 Å². The minimum atomic E-state index is -3.91. The summed E-state index contributed by atoms with van der Waals surface area (Å²) in [6, 6.07) is 16.9. The molecule has 3 aromatic carbocycles. The summed E-state index contributed by atoms with van der Waals surface area (Å²) in [4.78, 5) is 28.4. The first kappa shape index (κ1) is 32.3. The summed E-state index contributed by atoms with van der Waals surface area (Å²) >= 11 is 5.91. The first-order valence-corrected chi connectivity index (χ1v) is 15.7. The Balaban J connectivity index is 1.60. The number of carboxylic acid groups (broad SMARTS) is 1. The monoisotopic (exact) mass is 629 g/mol. The van der Waals surface area contributed by atoms with Gasteiger partial charge in [-0.1, -0.05) is 30.7 Å². The lowest BCUT2D eigenvalue weighted by atomic mass is 10.0. The molecule has 3 atom stereocenters. The number of fused-ring (bicyclic) bond motifs is 1. The van der Waals surface area contributed by atoms with Crippen molar-refractivity contribution in [2.24, 2.45) is 5.92 Å². The number of carbonyl (C=O) groups excluding carboxylic acids is 1. The zero-order chi connectivity index (χ0) is 31.3. The topological polar surface area (TPSA) is 136 Å². The van der Waals surface area contributed by atoms with E-state index >= 15 is 0 Å². The first-order valence-electron chi connectivity index (χ1n) is 13.9. The summed E-state index contributed by atoms with van der Waals surface area (Å²) in [5.74, 6) is -0.840. The fourth-order valence-electron chi connectivity index (χ4n) is 4.97. The number of carbonyl (C=O) groups is 2. The van der Waals surface area contributed by atoms with Gasteiger partial charge in [-0.15, -0.1) is 0 Å². The molecule has 0 fully saturated rings. The van der Waals surface area contributed by atoms with Crippen LogP contribution in [0.15, 0.2) is 71.6 Å². The average molecular weight is 630 g/mol. The molecule has 0 aromatic heterocycles.